The molecule has 120 valence electrons. The molecule has 1 fully saturated rings. The number of carbonyl (C=O) groups excluding carboxylic acids is 1. The van der Waals surface area contributed by atoms with Crippen LogP contribution in [0.25, 0.3) is 0 Å². The first-order chi connectivity index (χ1) is 10.5. The number of hydrogen-bond donors (Lipinski definition) is 2. The Morgan fingerprint density at radius 1 is 1.50 bits per heavy atom. The summed E-state index contributed by atoms with van der Waals surface area (Å²) in [4.78, 5) is 22.7. The van der Waals surface area contributed by atoms with Crippen molar-refractivity contribution in [3.63, 3.8) is 0 Å². The van der Waals surface area contributed by atoms with E-state index in [4.69, 9.17) is 4.74 Å². The van der Waals surface area contributed by atoms with E-state index in [0.29, 0.717) is 12.2 Å². The maximum absolute atomic E-state index is 11.9. The topological polar surface area (TPSA) is 93.5 Å². The summed E-state index contributed by atoms with van der Waals surface area (Å²) >= 11 is 0. The highest BCUT2D eigenvalue weighted by molar-refractivity contribution is 5.95. The molecule has 1 aromatic carbocycles. The van der Waals surface area contributed by atoms with E-state index >= 15 is 0 Å². The molecular weight excluding hydrogens is 286 g/mol. The molecule has 0 aliphatic carbocycles. The number of nitrogens with one attached hydrogen (secondary N) is 2. The number of hydrogen-bond acceptors (Lipinski definition) is 5. The lowest BCUT2D eigenvalue weighted by molar-refractivity contribution is -0.384. The van der Waals surface area contributed by atoms with Gasteiger partial charge in [0.1, 0.15) is 5.69 Å². The van der Waals surface area contributed by atoms with Gasteiger partial charge in [0, 0.05) is 30.8 Å². The van der Waals surface area contributed by atoms with Crippen molar-refractivity contribution in [1.82, 2.24) is 5.32 Å². The van der Waals surface area contributed by atoms with E-state index in [-0.39, 0.29) is 29.3 Å². The number of benzene rings is 1. The summed E-state index contributed by atoms with van der Waals surface area (Å²) in [6.07, 6.45) is 2.06. The monoisotopic (exact) mass is 307 g/mol. The Balaban J connectivity index is 2.12. The summed E-state index contributed by atoms with van der Waals surface area (Å²) in [5.74, 6) is -0.316. The van der Waals surface area contributed by atoms with Crippen molar-refractivity contribution in [3.8, 4) is 0 Å². The molecule has 22 heavy (non-hydrogen) atoms. The maximum Gasteiger partial charge on any atom is 0.293 e. The molecule has 1 heterocycles. The molecule has 1 aliphatic heterocycles. The number of nitro benzene ring substituents is 1. The number of nitro groups is 1. The lowest BCUT2D eigenvalue weighted by Gasteiger charge is -2.13. The Morgan fingerprint density at radius 2 is 2.27 bits per heavy atom. The predicted molar refractivity (Wildman–Crippen MR) is 83.2 cm³/mol. The van der Waals surface area contributed by atoms with Crippen molar-refractivity contribution in [2.75, 3.05) is 18.5 Å². The van der Waals surface area contributed by atoms with Crippen LogP contribution in [0.4, 0.5) is 11.4 Å². The van der Waals surface area contributed by atoms with Crippen molar-refractivity contribution >= 4 is 17.3 Å². The summed E-state index contributed by atoms with van der Waals surface area (Å²) in [7, 11) is 0. The molecule has 1 amide bonds. The number of rotatable bonds is 6. The molecule has 1 atom stereocenters. The Labute approximate surface area is 129 Å². The molecule has 0 unspecified atom stereocenters. The molecule has 0 saturated carbocycles. The summed E-state index contributed by atoms with van der Waals surface area (Å²) < 4.78 is 5.48. The second kappa shape index (κ2) is 7.22. The Kier molecular flexibility index (Phi) is 5.32. The quantitative estimate of drug-likeness (QED) is 0.621. The van der Waals surface area contributed by atoms with Gasteiger partial charge >= 0.3 is 0 Å². The predicted octanol–water partition coefficient (Wildman–Crippen LogP) is 2.32. The standard InChI is InChI=1S/C15H21N3O4/c1-10(2)17-15(19)11-5-6-13(14(8-11)18(20)21)16-9-12-4-3-7-22-12/h5-6,8,10,12,16H,3-4,7,9H2,1-2H3,(H,17,19)/t12-/m0/s1. The molecule has 7 heteroatoms. The van der Waals surface area contributed by atoms with Crippen LogP contribution in [0.2, 0.25) is 0 Å². The molecule has 0 spiro atoms. The third kappa shape index (κ3) is 4.17. The first-order valence-corrected chi connectivity index (χ1v) is 7.42. The normalized spacial score (nSPS) is 17.5. The Hall–Kier alpha value is -2.15. The highest BCUT2D eigenvalue weighted by Crippen LogP contribution is 2.26. The maximum atomic E-state index is 11.9. The van der Waals surface area contributed by atoms with Crippen LogP contribution in [0.1, 0.15) is 37.0 Å². The third-order valence-electron chi connectivity index (χ3n) is 3.42. The number of ether oxygens (including phenoxy) is 1. The van der Waals surface area contributed by atoms with Gasteiger partial charge in [-0.15, -0.1) is 0 Å². The van der Waals surface area contributed by atoms with E-state index in [2.05, 4.69) is 10.6 Å². The lowest BCUT2D eigenvalue weighted by Crippen LogP contribution is -2.30. The van der Waals surface area contributed by atoms with Crippen LogP contribution >= 0.6 is 0 Å². The minimum Gasteiger partial charge on any atom is -0.377 e. The molecule has 2 rings (SSSR count). The van der Waals surface area contributed by atoms with Gasteiger partial charge in [-0.25, -0.2) is 0 Å². The fraction of sp³-hybridized carbons (Fsp3) is 0.533. The largest absolute Gasteiger partial charge is 0.377 e. The molecule has 0 aromatic heterocycles. The van der Waals surface area contributed by atoms with Crippen molar-refractivity contribution < 1.29 is 14.5 Å². The molecule has 1 aromatic rings. The molecule has 1 saturated heterocycles. The molecule has 7 nitrogen and oxygen atoms in total. The zero-order chi connectivity index (χ0) is 16.1. The van der Waals surface area contributed by atoms with Crippen LogP contribution in [-0.2, 0) is 4.74 Å². The Morgan fingerprint density at radius 3 is 2.86 bits per heavy atom. The van der Waals surface area contributed by atoms with Crippen LogP contribution in [-0.4, -0.2) is 36.1 Å². The van der Waals surface area contributed by atoms with E-state index in [1.54, 1.807) is 12.1 Å². The van der Waals surface area contributed by atoms with Crippen molar-refractivity contribution in [1.29, 1.82) is 0 Å². The molecule has 0 radical (unpaired) electrons. The van der Waals surface area contributed by atoms with Gasteiger partial charge in [0.25, 0.3) is 11.6 Å². The number of carbonyl (C=O) groups is 1. The van der Waals surface area contributed by atoms with E-state index in [9.17, 15) is 14.9 Å². The molecule has 2 N–H and O–H groups in total. The van der Waals surface area contributed by atoms with Gasteiger partial charge < -0.3 is 15.4 Å². The lowest BCUT2D eigenvalue weighted by atomic mass is 10.1. The van der Waals surface area contributed by atoms with Crippen molar-refractivity contribution in [2.24, 2.45) is 0 Å². The van der Waals surface area contributed by atoms with Crippen LogP contribution in [0, 0.1) is 10.1 Å². The second-order valence-electron chi connectivity index (χ2n) is 5.63. The fourth-order valence-corrected chi connectivity index (χ4v) is 2.35. The summed E-state index contributed by atoms with van der Waals surface area (Å²) in [5.41, 5.74) is 0.582. The van der Waals surface area contributed by atoms with Gasteiger partial charge in [-0.1, -0.05) is 0 Å². The van der Waals surface area contributed by atoms with Gasteiger partial charge in [-0.05, 0) is 38.8 Å². The van der Waals surface area contributed by atoms with E-state index in [1.165, 1.54) is 6.07 Å². The second-order valence-corrected chi connectivity index (χ2v) is 5.63. The highest BCUT2D eigenvalue weighted by atomic mass is 16.6. The molecule has 0 bridgehead atoms. The zero-order valence-corrected chi connectivity index (χ0v) is 12.8. The van der Waals surface area contributed by atoms with Gasteiger partial charge in [0.2, 0.25) is 0 Å². The van der Waals surface area contributed by atoms with E-state index < -0.39 is 4.92 Å². The van der Waals surface area contributed by atoms with Gasteiger partial charge in [-0.3, -0.25) is 14.9 Å². The fourth-order valence-electron chi connectivity index (χ4n) is 2.35. The van der Waals surface area contributed by atoms with Gasteiger partial charge in [-0.2, -0.15) is 0 Å². The van der Waals surface area contributed by atoms with Crippen molar-refractivity contribution in [3.05, 3.63) is 33.9 Å². The van der Waals surface area contributed by atoms with E-state index in [1.807, 2.05) is 13.8 Å². The van der Waals surface area contributed by atoms with Crippen LogP contribution in [0.3, 0.4) is 0 Å². The van der Waals surface area contributed by atoms with Gasteiger partial charge in [0.15, 0.2) is 0 Å². The number of anilines is 1. The summed E-state index contributed by atoms with van der Waals surface area (Å²) in [6.45, 7) is 4.94. The SMILES string of the molecule is CC(C)NC(=O)c1ccc(NC[C@@H]2CCCO2)c([N+](=O)[O-])c1. The Bertz CT molecular complexity index is 554. The number of nitrogens with zero attached hydrogens (tertiary/aromatic N) is 1. The number of amides is 1. The van der Waals surface area contributed by atoms with Crippen LogP contribution in [0.5, 0.6) is 0 Å². The third-order valence-corrected chi connectivity index (χ3v) is 3.42. The zero-order valence-electron chi connectivity index (χ0n) is 12.8. The smallest absolute Gasteiger partial charge is 0.293 e. The summed E-state index contributed by atoms with van der Waals surface area (Å²) in [6, 6.07) is 4.43. The first-order valence-electron chi connectivity index (χ1n) is 7.42. The first kappa shape index (κ1) is 16.2. The van der Waals surface area contributed by atoms with Gasteiger partial charge in [0.05, 0.1) is 11.0 Å². The average Bonchev–Trinajstić information content (AvgIpc) is 2.97. The average molecular weight is 307 g/mol. The minimum absolute atomic E-state index is 0.0242. The van der Waals surface area contributed by atoms with Crippen LogP contribution < -0.4 is 10.6 Å². The van der Waals surface area contributed by atoms with Crippen LogP contribution in [0.15, 0.2) is 18.2 Å². The van der Waals surface area contributed by atoms with E-state index in [0.717, 1.165) is 19.4 Å². The molecular formula is C15H21N3O4. The summed E-state index contributed by atoms with van der Waals surface area (Å²) in [5, 5.41) is 17.0. The van der Waals surface area contributed by atoms with Crippen molar-refractivity contribution in [2.45, 2.75) is 38.8 Å². The molecule has 1 aliphatic rings. The highest BCUT2D eigenvalue weighted by Gasteiger charge is 2.20. The minimum atomic E-state index is -0.482.